The molecule has 0 aromatic heterocycles. The Hall–Kier alpha value is -2.18. The Balaban J connectivity index is 1.84. The summed E-state index contributed by atoms with van der Waals surface area (Å²) in [6.07, 6.45) is 1.50. The lowest BCUT2D eigenvalue weighted by Gasteiger charge is -2.31. The van der Waals surface area contributed by atoms with Crippen LogP contribution in [0.1, 0.15) is 30.9 Å². The highest BCUT2D eigenvalue weighted by Gasteiger charge is 2.30. The fraction of sp³-hybridized carbons (Fsp3) is 0.286. The Bertz CT molecular complexity index is 1140. The van der Waals surface area contributed by atoms with E-state index in [1.54, 1.807) is 28.8 Å². The van der Waals surface area contributed by atoms with Gasteiger partial charge in [-0.05, 0) is 53.9 Å². The number of carbonyl (C=O) groups excluding carboxylic acids is 2. The molecule has 0 aliphatic rings. The molecule has 0 fully saturated rings. The first kappa shape index (κ1) is 28.4. The Labute approximate surface area is 232 Å². The molecule has 190 valence electrons. The molecule has 0 aliphatic heterocycles. The average molecular weight is 564 g/mol. The van der Waals surface area contributed by atoms with E-state index in [1.807, 2.05) is 67.6 Å². The van der Waals surface area contributed by atoms with E-state index < -0.39 is 6.04 Å². The van der Waals surface area contributed by atoms with Crippen molar-refractivity contribution in [2.75, 3.05) is 12.3 Å². The van der Waals surface area contributed by atoms with E-state index in [0.717, 1.165) is 22.4 Å². The highest BCUT2D eigenvalue weighted by Crippen LogP contribution is 2.26. The zero-order valence-corrected chi connectivity index (χ0v) is 23.1. The number of carbonyl (C=O) groups is 2. The number of hydrogen-bond donors (Lipinski definition) is 1. The summed E-state index contributed by atoms with van der Waals surface area (Å²) < 4.78 is 0. The summed E-state index contributed by atoms with van der Waals surface area (Å²) in [7, 11) is 0. The van der Waals surface area contributed by atoms with Crippen molar-refractivity contribution in [3.8, 4) is 0 Å². The van der Waals surface area contributed by atoms with Gasteiger partial charge in [0, 0.05) is 41.6 Å². The van der Waals surface area contributed by atoms with E-state index in [9.17, 15) is 9.59 Å². The Morgan fingerprint density at radius 3 is 2.31 bits per heavy atom. The van der Waals surface area contributed by atoms with Crippen LogP contribution in [0.5, 0.6) is 0 Å². The number of rotatable bonds is 12. The summed E-state index contributed by atoms with van der Waals surface area (Å²) in [6.45, 7) is 2.79. The lowest BCUT2D eigenvalue weighted by atomic mass is 10.0. The maximum Gasteiger partial charge on any atom is 0.243 e. The largest absolute Gasteiger partial charge is 0.354 e. The predicted molar refractivity (Wildman–Crippen MR) is 151 cm³/mol. The Morgan fingerprint density at radius 1 is 0.917 bits per heavy atom. The van der Waals surface area contributed by atoms with Gasteiger partial charge in [-0.3, -0.25) is 9.59 Å². The molecule has 1 atom stereocenters. The van der Waals surface area contributed by atoms with Crippen molar-refractivity contribution in [3.05, 3.63) is 99.0 Å². The molecule has 0 saturated heterocycles. The molecule has 0 aliphatic carbocycles. The summed E-state index contributed by atoms with van der Waals surface area (Å²) in [6, 6.07) is 21.9. The molecule has 1 N–H and O–H groups in total. The second-order valence-electron chi connectivity index (χ2n) is 8.32. The van der Waals surface area contributed by atoms with Gasteiger partial charge in [-0.2, -0.15) is 0 Å². The van der Waals surface area contributed by atoms with Gasteiger partial charge in [0.25, 0.3) is 0 Å². The molecule has 3 rings (SSSR count). The fourth-order valence-electron chi connectivity index (χ4n) is 3.69. The van der Waals surface area contributed by atoms with Gasteiger partial charge in [-0.15, -0.1) is 11.8 Å². The Morgan fingerprint density at radius 2 is 1.64 bits per heavy atom. The molecule has 0 radical (unpaired) electrons. The third kappa shape index (κ3) is 8.74. The van der Waals surface area contributed by atoms with Crippen LogP contribution in [0.2, 0.25) is 15.1 Å². The molecule has 8 heteroatoms. The van der Waals surface area contributed by atoms with Gasteiger partial charge < -0.3 is 10.2 Å². The van der Waals surface area contributed by atoms with Crippen LogP contribution in [-0.2, 0) is 22.6 Å². The van der Waals surface area contributed by atoms with E-state index in [2.05, 4.69) is 5.32 Å². The monoisotopic (exact) mass is 562 g/mol. The molecule has 0 saturated carbocycles. The van der Waals surface area contributed by atoms with Crippen molar-refractivity contribution in [2.45, 2.75) is 43.7 Å². The third-order valence-corrected chi connectivity index (χ3v) is 7.56. The van der Waals surface area contributed by atoms with Crippen molar-refractivity contribution < 1.29 is 9.59 Å². The molecule has 0 bridgehead atoms. The van der Waals surface area contributed by atoms with Crippen molar-refractivity contribution >= 4 is 58.4 Å². The first-order chi connectivity index (χ1) is 17.4. The van der Waals surface area contributed by atoms with Crippen molar-refractivity contribution in [2.24, 2.45) is 0 Å². The molecule has 3 aromatic rings. The smallest absolute Gasteiger partial charge is 0.243 e. The summed E-state index contributed by atoms with van der Waals surface area (Å²) >= 11 is 19.9. The summed E-state index contributed by atoms with van der Waals surface area (Å²) in [5.41, 5.74) is 1.79. The molecule has 0 spiro atoms. The van der Waals surface area contributed by atoms with Gasteiger partial charge in [-0.25, -0.2) is 0 Å². The van der Waals surface area contributed by atoms with Crippen LogP contribution in [0.3, 0.4) is 0 Å². The summed E-state index contributed by atoms with van der Waals surface area (Å²) in [5, 5.41) is 4.51. The second kappa shape index (κ2) is 14.5. The van der Waals surface area contributed by atoms with Gasteiger partial charge in [0.1, 0.15) is 6.04 Å². The van der Waals surface area contributed by atoms with Gasteiger partial charge in [-0.1, -0.05) is 78.1 Å². The standard InChI is InChI=1S/C28H29Cl3N2O2S/c1-2-15-32-28(35)26(18-20-6-4-3-5-7-20)33(19-21-8-13-24(30)25(31)17-21)27(34)14-16-36-23-11-9-22(29)10-12-23/h3-13,17,26H,2,14-16,18-19H2,1H3,(H,32,35)/t26-/m1/s1. The minimum absolute atomic E-state index is 0.102. The van der Waals surface area contributed by atoms with Crippen LogP contribution in [0.15, 0.2) is 77.7 Å². The van der Waals surface area contributed by atoms with Crippen LogP contribution in [0, 0.1) is 0 Å². The van der Waals surface area contributed by atoms with Crippen LogP contribution >= 0.6 is 46.6 Å². The van der Waals surface area contributed by atoms with Crippen molar-refractivity contribution in [1.82, 2.24) is 10.2 Å². The molecular formula is C28H29Cl3N2O2S. The van der Waals surface area contributed by atoms with Crippen molar-refractivity contribution in [3.63, 3.8) is 0 Å². The van der Waals surface area contributed by atoms with E-state index in [0.29, 0.717) is 33.8 Å². The predicted octanol–water partition coefficient (Wildman–Crippen LogP) is 7.30. The van der Waals surface area contributed by atoms with Gasteiger partial charge >= 0.3 is 0 Å². The number of thioether (sulfide) groups is 1. The van der Waals surface area contributed by atoms with E-state index >= 15 is 0 Å². The fourth-order valence-corrected chi connectivity index (χ4v) is 4.97. The lowest BCUT2D eigenvalue weighted by Crippen LogP contribution is -2.50. The maximum absolute atomic E-state index is 13.6. The SMILES string of the molecule is CCCNC(=O)[C@@H](Cc1ccccc1)N(Cc1ccc(Cl)c(Cl)c1)C(=O)CCSc1ccc(Cl)cc1. The van der Waals surface area contributed by atoms with Crippen LogP contribution < -0.4 is 5.32 Å². The minimum Gasteiger partial charge on any atom is -0.354 e. The maximum atomic E-state index is 13.6. The van der Waals surface area contributed by atoms with E-state index in [1.165, 1.54) is 0 Å². The summed E-state index contributed by atoms with van der Waals surface area (Å²) in [4.78, 5) is 29.6. The summed E-state index contributed by atoms with van der Waals surface area (Å²) in [5.74, 6) is 0.307. The molecule has 0 unspecified atom stereocenters. The third-order valence-electron chi connectivity index (χ3n) is 5.56. The normalized spacial score (nSPS) is 11.7. The highest BCUT2D eigenvalue weighted by atomic mass is 35.5. The Kier molecular flexibility index (Phi) is 11.5. The minimum atomic E-state index is -0.665. The molecule has 4 nitrogen and oxygen atoms in total. The van der Waals surface area contributed by atoms with Gasteiger partial charge in [0.05, 0.1) is 10.0 Å². The topological polar surface area (TPSA) is 49.4 Å². The zero-order valence-electron chi connectivity index (χ0n) is 20.1. The average Bonchev–Trinajstić information content (AvgIpc) is 2.88. The molecule has 2 amide bonds. The molecule has 3 aromatic carbocycles. The molecular weight excluding hydrogens is 535 g/mol. The van der Waals surface area contributed by atoms with Gasteiger partial charge in [0.2, 0.25) is 11.8 Å². The number of nitrogens with one attached hydrogen (secondary N) is 1. The molecule has 0 heterocycles. The quantitative estimate of drug-likeness (QED) is 0.235. The number of nitrogens with zero attached hydrogens (tertiary/aromatic N) is 1. The highest BCUT2D eigenvalue weighted by molar-refractivity contribution is 7.99. The van der Waals surface area contributed by atoms with Crippen LogP contribution in [0.25, 0.3) is 0 Å². The number of amides is 2. The number of halogens is 3. The molecule has 36 heavy (non-hydrogen) atoms. The van der Waals surface area contributed by atoms with Crippen LogP contribution in [-0.4, -0.2) is 35.1 Å². The second-order valence-corrected chi connectivity index (χ2v) is 10.7. The number of benzene rings is 3. The first-order valence-electron chi connectivity index (χ1n) is 11.8. The van der Waals surface area contributed by atoms with Crippen molar-refractivity contribution in [1.29, 1.82) is 0 Å². The number of hydrogen-bond acceptors (Lipinski definition) is 3. The van der Waals surface area contributed by atoms with Crippen LogP contribution in [0.4, 0.5) is 0 Å². The first-order valence-corrected chi connectivity index (χ1v) is 13.9. The lowest BCUT2D eigenvalue weighted by molar-refractivity contribution is -0.141. The van der Waals surface area contributed by atoms with Gasteiger partial charge in [0.15, 0.2) is 0 Å². The van der Waals surface area contributed by atoms with E-state index in [-0.39, 0.29) is 24.8 Å². The van der Waals surface area contributed by atoms with E-state index in [4.69, 9.17) is 34.8 Å². The zero-order chi connectivity index (χ0) is 25.9.